The van der Waals surface area contributed by atoms with Gasteiger partial charge in [-0.3, -0.25) is 16.3 Å². The van der Waals surface area contributed by atoms with Gasteiger partial charge in [-0.25, -0.2) is 0 Å². The molecule has 0 bridgehead atoms. The van der Waals surface area contributed by atoms with Crippen LogP contribution < -0.4 is 11.3 Å². The van der Waals surface area contributed by atoms with E-state index in [0.717, 1.165) is 0 Å². The zero-order valence-electron chi connectivity index (χ0n) is 12.3. The van der Waals surface area contributed by atoms with Crippen molar-refractivity contribution in [3.8, 4) is 0 Å². The molecule has 0 spiro atoms. The van der Waals surface area contributed by atoms with E-state index in [9.17, 15) is 0 Å². The molecule has 2 rings (SSSR count). The van der Waals surface area contributed by atoms with Gasteiger partial charge in [0.05, 0.1) is 6.04 Å². The smallest absolute Gasteiger partial charge is 0.0661 e. The second-order valence-corrected chi connectivity index (χ2v) is 5.89. The number of hydrazine groups is 1. The largest absolute Gasteiger partial charge is 0.302 e. The van der Waals surface area contributed by atoms with Gasteiger partial charge in [0.2, 0.25) is 0 Å². The summed E-state index contributed by atoms with van der Waals surface area (Å²) in [6, 6.07) is 2.20. The predicted octanol–water partition coefficient (Wildman–Crippen LogP) is 2.16. The van der Waals surface area contributed by atoms with E-state index in [0.29, 0.717) is 0 Å². The number of nitrogens with one attached hydrogen (secondary N) is 1. The molecule has 0 radical (unpaired) electrons. The van der Waals surface area contributed by atoms with E-state index in [2.05, 4.69) is 42.4 Å². The normalized spacial score (nSPS) is 20.5. The number of pyridine rings is 1. The van der Waals surface area contributed by atoms with E-state index in [4.69, 9.17) is 5.84 Å². The second-order valence-electron chi connectivity index (χ2n) is 5.89. The van der Waals surface area contributed by atoms with E-state index < -0.39 is 0 Å². The van der Waals surface area contributed by atoms with E-state index >= 15 is 0 Å². The summed E-state index contributed by atoms with van der Waals surface area (Å²) in [5.74, 6) is 5.92. The van der Waals surface area contributed by atoms with Crippen molar-refractivity contribution in [2.24, 2.45) is 5.84 Å². The summed E-state index contributed by atoms with van der Waals surface area (Å²) in [5, 5.41) is 0. The number of nitrogens with zero attached hydrogens (tertiary/aromatic N) is 2. The van der Waals surface area contributed by atoms with Gasteiger partial charge in [0.25, 0.3) is 0 Å². The molecule has 0 amide bonds. The van der Waals surface area contributed by atoms with Crippen LogP contribution in [0, 0.1) is 6.92 Å². The Kier molecular flexibility index (Phi) is 4.55. The van der Waals surface area contributed by atoms with Crippen molar-refractivity contribution in [2.75, 3.05) is 14.1 Å². The summed E-state index contributed by atoms with van der Waals surface area (Å²) in [4.78, 5) is 6.64. The third kappa shape index (κ3) is 2.66. The Labute approximate surface area is 116 Å². The Balaban J connectivity index is 2.40. The first-order valence-corrected chi connectivity index (χ1v) is 7.16. The van der Waals surface area contributed by atoms with Gasteiger partial charge in [0.1, 0.15) is 0 Å². The van der Waals surface area contributed by atoms with Gasteiger partial charge in [-0.05, 0) is 51.1 Å². The first kappa shape index (κ1) is 14.4. The Hall–Kier alpha value is -0.970. The van der Waals surface area contributed by atoms with Crippen LogP contribution >= 0.6 is 0 Å². The molecule has 1 aliphatic carbocycles. The van der Waals surface area contributed by atoms with Crippen LogP contribution in [0.4, 0.5) is 0 Å². The van der Waals surface area contributed by atoms with Crippen molar-refractivity contribution in [2.45, 2.75) is 50.6 Å². The van der Waals surface area contributed by atoms with Gasteiger partial charge >= 0.3 is 0 Å². The monoisotopic (exact) mass is 262 g/mol. The number of aryl methyl sites for hydroxylation is 1. The maximum Gasteiger partial charge on any atom is 0.0661 e. The van der Waals surface area contributed by atoms with Gasteiger partial charge in [-0.1, -0.05) is 19.3 Å². The lowest BCUT2D eigenvalue weighted by atomic mass is 9.73. The Morgan fingerprint density at radius 3 is 2.53 bits per heavy atom. The van der Waals surface area contributed by atoms with E-state index in [1.165, 1.54) is 43.2 Å². The van der Waals surface area contributed by atoms with Gasteiger partial charge in [-0.2, -0.15) is 0 Å². The Bertz CT molecular complexity index is 410. The first-order chi connectivity index (χ1) is 9.12. The van der Waals surface area contributed by atoms with Crippen LogP contribution in [-0.4, -0.2) is 29.5 Å². The number of hydrogen-bond acceptors (Lipinski definition) is 4. The minimum Gasteiger partial charge on any atom is -0.302 e. The molecule has 1 aromatic heterocycles. The Morgan fingerprint density at radius 1 is 1.32 bits per heavy atom. The predicted molar refractivity (Wildman–Crippen MR) is 78.5 cm³/mol. The number of hydrogen-bond donors (Lipinski definition) is 2. The van der Waals surface area contributed by atoms with Crippen LogP contribution in [0.1, 0.15) is 49.3 Å². The minimum absolute atomic E-state index is 0.0980. The van der Waals surface area contributed by atoms with Crippen molar-refractivity contribution >= 4 is 0 Å². The molecule has 1 heterocycles. The standard InChI is InChI=1S/C15H26N4/c1-12-7-10-17-11-13(12)14(18-16)15(19(2)3)8-5-4-6-9-15/h7,10-11,14,18H,4-6,8-9,16H2,1-3H3. The highest BCUT2D eigenvalue weighted by Gasteiger charge is 2.42. The number of nitrogens with two attached hydrogens (primary N) is 1. The third-order valence-corrected chi connectivity index (χ3v) is 4.70. The Morgan fingerprint density at radius 2 is 2.00 bits per heavy atom. The number of likely N-dealkylation sites (N-methyl/N-ethyl adjacent to an activating group) is 1. The van der Waals surface area contributed by atoms with Gasteiger partial charge < -0.3 is 4.90 Å². The van der Waals surface area contributed by atoms with Crippen LogP contribution in [0.5, 0.6) is 0 Å². The molecule has 4 nitrogen and oxygen atoms in total. The molecular weight excluding hydrogens is 236 g/mol. The van der Waals surface area contributed by atoms with Gasteiger partial charge in [0.15, 0.2) is 0 Å². The summed E-state index contributed by atoms with van der Waals surface area (Å²) in [5.41, 5.74) is 5.64. The van der Waals surface area contributed by atoms with Crippen LogP contribution in [0.25, 0.3) is 0 Å². The molecule has 0 aliphatic heterocycles. The molecule has 1 atom stereocenters. The molecule has 1 unspecified atom stereocenters. The van der Waals surface area contributed by atoms with E-state index in [-0.39, 0.29) is 11.6 Å². The molecule has 1 fully saturated rings. The van der Waals surface area contributed by atoms with Crippen molar-refractivity contribution in [1.29, 1.82) is 0 Å². The lowest BCUT2D eigenvalue weighted by molar-refractivity contribution is 0.0560. The van der Waals surface area contributed by atoms with Crippen LogP contribution in [0.2, 0.25) is 0 Å². The summed E-state index contributed by atoms with van der Waals surface area (Å²) in [6.07, 6.45) is 10.0. The topological polar surface area (TPSA) is 54.2 Å². The zero-order chi connectivity index (χ0) is 13.9. The molecule has 1 aliphatic rings. The lowest BCUT2D eigenvalue weighted by Gasteiger charge is -2.48. The molecule has 1 saturated carbocycles. The van der Waals surface area contributed by atoms with E-state index in [1.807, 2.05) is 12.4 Å². The maximum atomic E-state index is 5.92. The van der Waals surface area contributed by atoms with E-state index in [1.54, 1.807) is 0 Å². The van der Waals surface area contributed by atoms with Crippen LogP contribution in [-0.2, 0) is 0 Å². The molecule has 4 heteroatoms. The molecule has 0 saturated heterocycles. The lowest BCUT2D eigenvalue weighted by Crippen LogP contribution is -2.56. The zero-order valence-corrected chi connectivity index (χ0v) is 12.3. The second kappa shape index (κ2) is 5.99. The summed E-state index contributed by atoms with van der Waals surface area (Å²) in [7, 11) is 4.34. The first-order valence-electron chi connectivity index (χ1n) is 7.16. The summed E-state index contributed by atoms with van der Waals surface area (Å²) in [6.45, 7) is 2.13. The van der Waals surface area contributed by atoms with Crippen molar-refractivity contribution in [1.82, 2.24) is 15.3 Å². The van der Waals surface area contributed by atoms with Crippen LogP contribution in [0.15, 0.2) is 18.5 Å². The van der Waals surface area contributed by atoms with Crippen molar-refractivity contribution in [3.05, 3.63) is 29.6 Å². The summed E-state index contributed by atoms with van der Waals surface area (Å²) >= 11 is 0. The highest BCUT2D eigenvalue weighted by Crippen LogP contribution is 2.42. The van der Waals surface area contributed by atoms with Gasteiger partial charge in [0, 0.05) is 17.9 Å². The fourth-order valence-electron chi connectivity index (χ4n) is 3.47. The SMILES string of the molecule is Cc1ccncc1C(NN)C1(N(C)C)CCCCC1. The number of aromatic nitrogens is 1. The maximum absolute atomic E-state index is 5.92. The van der Waals surface area contributed by atoms with Crippen LogP contribution in [0.3, 0.4) is 0 Å². The molecule has 0 aromatic carbocycles. The molecular formula is C15H26N4. The summed E-state index contributed by atoms with van der Waals surface area (Å²) < 4.78 is 0. The molecule has 3 N–H and O–H groups in total. The van der Waals surface area contributed by atoms with Gasteiger partial charge in [-0.15, -0.1) is 0 Å². The highest BCUT2D eigenvalue weighted by atomic mass is 15.3. The van der Waals surface area contributed by atoms with Crippen molar-refractivity contribution in [3.63, 3.8) is 0 Å². The fourth-order valence-corrected chi connectivity index (χ4v) is 3.47. The minimum atomic E-state index is 0.0980. The molecule has 19 heavy (non-hydrogen) atoms. The quantitative estimate of drug-likeness (QED) is 0.645. The fraction of sp³-hybridized carbons (Fsp3) is 0.667. The highest BCUT2D eigenvalue weighted by molar-refractivity contribution is 5.28. The third-order valence-electron chi connectivity index (χ3n) is 4.70. The molecule has 1 aromatic rings. The average Bonchev–Trinajstić information content (AvgIpc) is 2.42. The number of rotatable bonds is 4. The average molecular weight is 262 g/mol. The van der Waals surface area contributed by atoms with Crippen molar-refractivity contribution < 1.29 is 0 Å². The molecule has 106 valence electrons.